The van der Waals surface area contributed by atoms with Crippen LogP contribution in [0, 0.1) is 11.3 Å². The van der Waals surface area contributed by atoms with Crippen LogP contribution >= 0.6 is 0 Å². The minimum atomic E-state index is -3.44. The van der Waals surface area contributed by atoms with Crippen molar-refractivity contribution in [2.75, 3.05) is 26.2 Å². The monoisotopic (exact) mass is 395 g/mol. The van der Waals surface area contributed by atoms with E-state index < -0.39 is 10.0 Å². The zero-order chi connectivity index (χ0) is 19.6. The Labute approximate surface area is 167 Å². The first-order valence-electron chi connectivity index (χ1n) is 9.89. The van der Waals surface area contributed by atoms with Crippen LogP contribution in [0.2, 0.25) is 0 Å². The molecule has 0 unspecified atom stereocenters. The summed E-state index contributed by atoms with van der Waals surface area (Å²) < 4.78 is 27.9. The highest BCUT2D eigenvalue weighted by Gasteiger charge is 2.28. The Morgan fingerprint density at radius 1 is 0.893 bits per heavy atom. The number of nitriles is 1. The first kappa shape index (κ1) is 19.1. The second kappa shape index (κ2) is 8.04. The van der Waals surface area contributed by atoms with Gasteiger partial charge in [0.1, 0.15) is 0 Å². The molecular formula is C22H25N3O2S. The maximum absolute atomic E-state index is 13.2. The lowest BCUT2D eigenvalue weighted by Crippen LogP contribution is -2.35. The van der Waals surface area contributed by atoms with Crippen LogP contribution in [0.25, 0.3) is 0 Å². The molecule has 0 saturated carbocycles. The van der Waals surface area contributed by atoms with E-state index in [0.29, 0.717) is 30.1 Å². The molecule has 1 aliphatic heterocycles. The van der Waals surface area contributed by atoms with E-state index in [2.05, 4.69) is 11.0 Å². The normalized spacial score (nSPS) is 18.4. The Morgan fingerprint density at radius 2 is 1.68 bits per heavy atom. The Bertz CT molecular complexity index is 993. The van der Waals surface area contributed by atoms with E-state index in [1.807, 2.05) is 36.4 Å². The Hall–Kier alpha value is -2.20. The summed E-state index contributed by atoms with van der Waals surface area (Å²) in [5.41, 5.74) is 4.29. The number of rotatable bonds is 4. The first-order valence-corrected chi connectivity index (χ1v) is 11.3. The number of aryl methyl sites for hydroxylation is 2. The third-order valence-corrected chi connectivity index (χ3v) is 7.64. The molecule has 6 heteroatoms. The molecule has 0 atom stereocenters. The minimum absolute atomic E-state index is 0.439. The molecule has 28 heavy (non-hydrogen) atoms. The highest BCUT2D eigenvalue weighted by atomic mass is 32.2. The molecule has 1 fully saturated rings. The largest absolute Gasteiger partial charge is 0.298 e. The Balaban J connectivity index is 1.43. The molecule has 1 heterocycles. The maximum atomic E-state index is 13.2. The molecule has 0 radical (unpaired) electrons. The lowest BCUT2D eigenvalue weighted by Gasteiger charge is -2.22. The summed E-state index contributed by atoms with van der Waals surface area (Å²) in [4.78, 5) is 2.73. The van der Waals surface area contributed by atoms with Gasteiger partial charge in [-0.25, -0.2) is 8.42 Å². The lowest BCUT2D eigenvalue weighted by atomic mass is 10.1. The molecule has 1 aliphatic carbocycles. The van der Waals surface area contributed by atoms with Crippen molar-refractivity contribution in [2.45, 2.75) is 37.1 Å². The lowest BCUT2D eigenvalue weighted by molar-refractivity contribution is 0.278. The molecular weight excluding hydrogens is 370 g/mol. The summed E-state index contributed by atoms with van der Waals surface area (Å²) in [6, 6.07) is 15.4. The van der Waals surface area contributed by atoms with Crippen LogP contribution in [0.1, 0.15) is 35.1 Å². The van der Waals surface area contributed by atoms with E-state index in [1.165, 1.54) is 11.1 Å². The van der Waals surface area contributed by atoms with Crippen molar-refractivity contribution < 1.29 is 8.42 Å². The molecule has 0 aromatic heterocycles. The second-order valence-corrected chi connectivity index (χ2v) is 9.56. The van der Waals surface area contributed by atoms with Crippen molar-refractivity contribution in [1.29, 1.82) is 5.26 Å². The summed E-state index contributed by atoms with van der Waals surface area (Å²) in [6.07, 6.45) is 3.98. The van der Waals surface area contributed by atoms with Crippen molar-refractivity contribution in [3.63, 3.8) is 0 Å². The van der Waals surface area contributed by atoms with Gasteiger partial charge >= 0.3 is 0 Å². The number of sulfonamides is 1. The van der Waals surface area contributed by atoms with Gasteiger partial charge in [-0.3, -0.25) is 4.90 Å². The molecule has 0 N–H and O–H groups in total. The van der Waals surface area contributed by atoms with Crippen molar-refractivity contribution in [1.82, 2.24) is 9.21 Å². The van der Waals surface area contributed by atoms with Gasteiger partial charge < -0.3 is 0 Å². The highest BCUT2D eigenvalue weighted by molar-refractivity contribution is 7.89. The molecule has 5 nitrogen and oxygen atoms in total. The van der Waals surface area contributed by atoms with Gasteiger partial charge in [-0.05, 0) is 73.2 Å². The zero-order valence-electron chi connectivity index (χ0n) is 16.0. The van der Waals surface area contributed by atoms with Crippen molar-refractivity contribution >= 4 is 10.0 Å². The van der Waals surface area contributed by atoms with Crippen LogP contribution < -0.4 is 0 Å². The second-order valence-electron chi connectivity index (χ2n) is 7.63. The fourth-order valence-corrected chi connectivity index (χ4v) is 5.67. The smallest absolute Gasteiger partial charge is 0.243 e. The average molecular weight is 396 g/mol. The molecule has 4 rings (SSSR count). The highest BCUT2D eigenvalue weighted by Crippen LogP contribution is 2.27. The quantitative estimate of drug-likeness (QED) is 0.798. The zero-order valence-corrected chi connectivity index (χ0v) is 16.8. The summed E-state index contributed by atoms with van der Waals surface area (Å²) in [5.74, 6) is 0. The first-order chi connectivity index (χ1) is 13.6. The van der Waals surface area contributed by atoms with E-state index in [4.69, 9.17) is 5.26 Å². The van der Waals surface area contributed by atoms with Crippen molar-refractivity contribution in [3.05, 3.63) is 64.7 Å². The van der Waals surface area contributed by atoms with Gasteiger partial charge in [0.15, 0.2) is 0 Å². The summed E-state index contributed by atoms with van der Waals surface area (Å²) in [6.45, 7) is 3.43. The van der Waals surface area contributed by atoms with Crippen molar-refractivity contribution in [2.24, 2.45) is 0 Å². The topological polar surface area (TPSA) is 64.4 Å². The maximum Gasteiger partial charge on any atom is 0.243 e. The Kier molecular flexibility index (Phi) is 5.49. The number of nitrogens with zero attached hydrogens (tertiary/aromatic N) is 3. The van der Waals surface area contributed by atoms with E-state index in [0.717, 1.165) is 44.3 Å². The number of fused-ring (bicyclic) bond motifs is 1. The fraction of sp³-hybridized carbons (Fsp3) is 0.409. The van der Waals surface area contributed by atoms with Gasteiger partial charge in [-0.15, -0.1) is 0 Å². The molecule has 1 saturated heterocycles. The van der Waals surface area contributed by atoms with Crippen LogP contribution in [-0.2, 0) is 29.4 Å². The number of hydrogen-bond donors (Lipinski definition) is 0. The molecule has 0 amide bonds. The predicted octanol–water partition coefficient (Wildman–Crippen LogP) is 2.94. The van der Waals surface area contributed by atoms with Crippen molar-refractivity contribution in [3.8, 4) is 6.07 Å². The van der Waals surface area contributed by atoms with Crippen LogP contribution in [0.3, 0.4) is 0 Å². The van der Waals surface area contributed by atoms with Gasteiger partial charge in [-0.1, -0.05) is 18.2 Å². The Morgan fingerprint density at radius 3 is 2.46 bits per heavy atom. The summed E-state index contributed by atoms with van der Waals surface area (Å²) >= 11 is 0. The van der Waals surface area contributed by atoms with E-state index in [-0.39, 0.29) is 0 Å². The van der Waals surface area contributed by atoms with E-state index >= 15 is 0 Å². The summed E-state index contributed by atoms with van der Waals surface area (Å²) in [7, 11) is -3.44. The van der Waals surface area contributed by atoms with E-state index in [9.17, 15) is 8.42 Å². The predicted molar refractivity (Wildman–Crippen MR) is 108 cm³/mol. The molecule has 2 aliphatic rings. The van der Waals surface area contributed by atoms with Gasteiger partial charge in [0, 0.05) is 26.2 Å². The van der Waals surface area contributed by atoms with Crippen LogP contribution in [0.5, 0.6) is 0 Å². The van der Waals surface area contributed by atoms with Crippen LogP contribution in [0.4, 0.5) is 0 Å². The number of hydrogen-bond acceptors (Lipinski definition) is 4. The van der Waals surface area contributed by atoms with Gasteiger partial charge in [0.05, 0.1) is 16.5 Å². The number of benzene rings is 2. The van der Waals surface area contributed by atoms with Gasteiger partial charge in [0.25, 0.3) is 0 Å². The molecule has 0 bridgehead atoms. The third-order valence-electron chi connectivity index (χ3n) is 5.74. The molecule has 2 aromatic carbocycles. The fourth-order valence-electron chi connectivity index (χ4n) is 4.15. The third kappa shape index (κ3) is 3.97. The van der Waals surface area contributed by atoms with E-state index in [1.54, 1.807) is 10.4 Å². The van der Waals surface area contributed by atoms with Crippen LogP contribution in [-0.4, -0.2) is 43.8 Å². The SMILES string of the molecule is N#Cc1ccc(CN2CCCN(S(=O)(=O)c3ccc4c(c3)CCC4)CC2)cc1. The van der Waals surface area contributed by atoms with Gasteiger partial charge in [-0.2, -0.15) is 9.57 Å². The molecule has 2 aromatic rings. The van der Waals surface area contributed by atoms with Gasteiger partial charge in [0.2, 0.25) is 10.0 Å². The minimum Gasteiger partial charge on any atom is -0.298 e. The molecule has 0 spiro atoms. The average Bonchev–Trinajstić information content (AvgIpc) is 3.06. The standard InChI is InChI=1S/C22H25N3O2S/c23-16-18-5-7-19(8-6-18)17-24-11-2-12-25(14-13-24)28(26,27)22-10-9-20-3-1-4-21(20)15-22/h5-10,15H,1-4,11-14,17H2. The van der Waals surface area contributed by atoms with Crippen LogP contribution in [0.15, 0.2) is 47.4 Å². The molecule has 146 valence electrons. The summed E-state index contributed by atoms with van der Waals surface area (Å²) in [5, 5.41) is 8.92.